The largest absolute Gasteiger partial charge is 0.345 e. The minimum absolute atomic E-state index is 1.19. The lowest BCUT2D eigenvalue weighted by atomic mass is 10.1. The molecule has 0 aliphatic carbocycles. The topological polar surface area (TPSA) is 3.24 Å². The van der Waals surface area contributed by atoms with E-state index in [2.05, 4.69) is 90.1 Å². The fraction of sp³-hybridized carbons (Fsp3) is 0.0526. The minimum Gasteiger partial charge on any atom is -0.345 e. The van der Waals surface area contributed by atoms with Crippen LogP contribution in [0.1, 0.15) is 10.4 Å². The lowest BCUT2D eigenvalue weighted by Crippen LogP contribution is -2.08. The standard InChI is InChI=1S/C19H17NS/c1-20(17-6-3-2-4-7-17)18-12-9-16(10-13-18)11-14-19-8-5-15-21-19/h2-15H,1H3. The maximum absolute atomic E-state index is 2.19. The zero-order valence-corrected chi connectivity index (χ0v) is 12.8. The molecule has 104 valence electrons. The van der Waals surface area contributed by atoms with E-state index in [1.807, 2.05) is 6.07 Å². The fourth-order valence-corrected chi connectivity index (χ4v) is 2.79. The molecule has 0 radical (unpaired) electrons. The van der Waals surface area contributed by atoms with Crippen molar-refractivity contribution >= 4 is 34.9 Å². The van der Waals surface area contributed by atoms with Crippen molar-refractivity contribution < 1.29 is 0 Å². The third-order valence-corrected chi connectivity index (χ3v) is 4.24. The third-order valence-electron chi connectivity index (χ3n) is 3.41. The molecule has 3 rings (SSSR count). The quantitative estimate of drug-likeness (QED) is 0.597. The van der Waals surface area contributed by atoms with Gasteiger partial charge in [-0.1, -0.05) is 42.5 Å². The Hall–Kier alpha value is -2.32. The van der Waals surface area contributed by atoms with Crippen LogP contribution in [-0.2, 0) is 0 Å². The fourth-order valence-electron chi connectivity index (χ4n) is 2.17. The number of nitrogens with zero attached hydrogens (tertiary/aromatic N) is 1. The zero-order valence-electron chi connectivity index (χ0n) is 11.9. The molecule has 21 heavy (non-hydrogen) atoms. The molecule has 0 aliphatic rings. The van der Waals surface area contributed by atoms with Gasteiger partial charge >= 0.3 is 0 Å². The molecule has 0 atom stereocenters. The van der Waals surface area contributed by atoms with Gasteiger partial charge < -0.3 is 4.90 Å². The Balaban J connectivity index is 1.75. The number of para-hydroxylation sites is 1. The van der Waals surface area contributed by atoms with Crippen LogP contribution in [-0.4, -0.2) is 7.05 Å². The molecule has 0 spiro atoms. The number of thiophene rings is 1. The van der Waals surface area contributed by atoms with E-state index >= 15 is 0 Å². The summed E-state index contributed by atoms with van der Waals surface area (Å²) in [5.74, 6) is 0. The second kappa shape index (κ2) is 6.42. The summed E-state index contributed by atoms with van der Waals surface area (Å²) in [6.07, 6.45) is 4.30. The van der Waals surface area contributed by atoms with E-state index in [1.165, 1.54) is 21.8 Å². The predicted molar refractivity (Wildman–Crippen MR) is 94.2 cm³/mol. The van der Waals surface area contributed by atoms with E-state index < -0.39 is 0 Å². The first-order valence-corrected chi connectivity index (χ1v) is 7.81. The molecule has 1 nitrogen and oxygen atoms in total. The molecule has 2 aromatic carbocycles. The van der Waals surface area contributed by atoms with Crippen LogP contribution < -0.4 is 4.90 Å². The van der Waals surface area contributed by atoms with Gasteiger partial charge in [0.05, 0.1) is 0 Å². The smallest absolute Gasteiger partial charge is 0.0408 e. The molecule has 1 aromatic heterocycles. The number of hydrogen-bond donors (Lipinski definition) is 0. The van der Waals surface area contributed by atoms with Crippen LogP contribution in [0.3, 0.4) is 0 Å². The second-order valence-corrected chi connectivity index (χ2v) is 5.81. The van der Waals surface area contributed by atoms with Crippen LogP contribution in [0.15, 0.2) is 72.1 Å². The van der Waals surface area contributed by atoms with Gasteiger partial charge in [-0.15, -0.1) is 11.3 Å². The van der Waals surface area contributed by atoms with Crippen LogP contribution in [0.2, 0.25) is 0 Å². The summed E-state index contributed by atoms with van der Waals surface area (Å²) in [4.78, 5) is 3.47. The van der Waals surface area contributed by atoms with Crippen LogP contribution in [0.4, 0.5) is 11.4 Å². The van der Waals surface area contributed by atoms with Crippen LogP contribution >= 0.6 is 11.3 Å². The van der Waals surface area contributed by atoms with Gasteiger partial charge in [0, 0.05) is 23.3 Å². The summed E-state index contributed by atoms with van der Waals surface area (Å²) in [5, 5.41) is 2.09. The minimum atomic E-state index is 1.19. The Bertz CT molecular complexity index is 697. The number of anilines is 2. The SMILES string of the molecule is CN(c1ccccc1)c1ccc(C=Cc2cccs2)cc1. The summed E-state index contributed by atoms with van der Waals surface area (Å²) in [5.41, 5.74) is 3.60. The summed E-state index contributed by atoms with van der Waals surface area (Å²) in [6.45, 7) is 0. The molecule has 0 saturated heterocycles. The Morgan fingerprint density at radius 1 is 0.762 bits per heavy atom. The second-order valence-electron chi connectivity index (χ2n) is 4.83. The Morgan fingerprint density at radius 2 is 1.48 bits per heavy atom. The Labute approximate surface area is 129 Å². The van der Waals surface area contributed by atoms with Gasteiger partial charge in [0.25, 0.3) is 0 Å². The van der Waals surface area contributed by atoms with E-state index in [0.29, 0.717) is 0 Å². The van der Waals surface area contributed by atoms with Crippen molar-refractivity contribution in [3.05, 3.63) is 82.6 Å². The van der Waals surface area contributed by atoms with Gasteiger partial charge in [-0.05, 0) is 47.4 Å². The Morgan fingerprint density at radius 3 is 2.14 bits per heavy atom. The number of rotatable bonds is 4. The lowest BCUT2D eigenvalue weighted by molar-refractivity contribution is 1.21. The molecule has 0 aliphatic heterocycles. The van der Waals surface area contributed by atoms with Crippen LogP contribution in [0.5, 0.6) is 0 Å². The van der Waals surface area contributed by atoms with Crippen molar-refractivity contribution in [1.29, 1.82) is 0 Å². The summed E-state index contributed by atoms with van der Waals surface area (Å²) in [6, 6.07) is 23.2. The molecule has 0 fully saturated rings. The van der Waals surface area contributed by atoms with Gasteiger partial charge in [-0.3, -0.25) is 0 Å². The van der Waals surface area contributed by atoms with Gasteiger partial charge in [-0.25, -0.2) is 0 Å². The maximum atomic E-state index is 2.19. The molecule has 0 bridgehead atoms. The van der Waals surface area contributed by atoms with Crippen molar-refractivity contribution in [3.8, 4) is 0 Å². The first-order chi connectivity index (χ1) is 10.3. The van der Waals surface area contributed by atoms with Crippen molar-refractivity contribution in [3.63, 3.8) is 0 Å². The van der Waals surface area contributed by atoms with Gasteiger partial charge in [0.15, 0.2) is 0 Å². The highest BCUT2D eigenvalue weighted by atomic mass is 32.1. The van der Waals surface area contributed by atoms with Crippen molar-refractivity contribution in [2.24, 2.45) is 0 Å². The van der Waals surface area contributed by atoms with E-state index in [0.717, 1.165) is 0 Å². The van der Waals surface area contributed by atoms with E-state index in [9.17, 15) is 0 Å². The molecule has 0 unspecified atom stereocenters. The van der Waals surface area contributed by atoms with Crippen LogP contribution in [0.25, 0.3) is 12.2 Å². The van der Waals surface area contributed by atoms with E-state index in [1.54, 1.807) is 11.3 Å². The normalized spacial score (nSPS) is 10.9. The highest BCUT2D eigenvalue weighted by Gasteiger charge is 2.02. The van der Waals surface area contributed by atoms with Crippen molar-refractivity contribution in [2.75, 3.05) is 11.9 Å². The van der Waals surface area contributed by atoms with Gasteiger partial charge in [-0.2, -0.15) is 0 Å². The van der Waals surface area contributed by atoms with Crippen molar-refractivity contribution in [2.45, 2.75) is 0 Å². The average Bonchev–Trinajstić information content (AvgIpc) is 3.07. The summed E-state index contributed by atoms with van der Waals surface area (Å²) < 4.78 is 0. The molecule has 0 saturated carbocycles. The first-order valence-electron chi connectivity index (χ1n) is 6.93. The molecule has 0 N–H and O–H groups in total. The van der Waals surface area contributed by atoms with Gasteiger partial charge in [0.1, 0.15) is 0 Å². The average molecular weight is 291 g/mol. The molecular formula is C19H17NS. The molecule has 3 aromatic rings. The summed E-state index contributed by atoms with van der Waals surface area (Å²) in [7, 11) is 2.09. The predicted octanol–water partition coefficient (Wildman–Crippen LogP) is 5.69. The monoisotopic (exact) mass is 291 g/mol. The highest BCUT2D eigenvalue weighted by Crippen LogP contribution is 2.24. The molecule has 0 amide bonds. The van der Waals surface area contributed by atoms with Crippen LogP contribution in [0, 0.1) is 0 Å². The van der Waals surface area contributed by atoms with Gasteiger partial charge in [0.2, 0.25) is 0 Å². The van der Waals surface area contributed by atoms with Crippen molar-refractivity contribution in [1.82, 2.24) is 0 Å². The third kappa shape index (κ3) is 3.41. The lowest BCUT2D eigenvalue weighted by Gasteiger charge is -2.19. The molecule has 2 heteroatoms. The maximum Gasteiger partial charge on any atom is 0.0408 e. The zero-order chi connectivity index (χ0) is 14.5. The summed E-state index contributed by atoms with van der Waals surface area (Å²) >= 11 is 1.75. The molecule has 1 heterocycles. The molecular weight excluding hydrogens is 274 g/mol. The first kappa shape index (κ1) is 13.7. The van der Waals surface area contributed by atoms with E-state index in [-0.39, 0.29) is 0 Å². The number of benzene rings is 2. The Kier molecular flexibility index (Phi) is 4.17. The number of hydrogen-bond acceptors (Lipinski definition) is 2. The highest BCUT2D eigenvalue weighted by molar-refractivity contribution is 7.10. The van der Waals surface area contributed by atoms with E-state index in [4.69, 9.17) is 0 Å².